The number of likely N-dealkylation sites (tertiary alicyclic amines) is 1. The topological polar surface area (TPSA) is 74.6 Å². The van der Waals surface area contributed by atoms with Gasteiger partial charge < -0.3 is 9.64 Å². The van der Waals surface area contributed by atoms with Crippen LogP contribution in [0.1, 0.15) is 63.5 Å². The Balaban J connectivity index is 1.22. The molecule has 2 atom stereocenters. The van der Waals surface area contributed by atoms with E-state index in [1.54, 1.807) is 6.08 Å². The maximum atomic E-state index is 15.7. The summed E-state index contributed by atoms with van der Waals surface area (Å²) in [4.78, 5) is 11.5. The lowest BCUT2D eigenvalue weighted by Crippen LogP contribution is -2.42. The van der Waals surface area contributed by atoms with Crippen molar-refractivity contribution in [1.82, 2.24) is 9.21 Å². The van der Waals surface area contributed by atoms with Gasteiger partial charge in [-0.2, -0.15) is 4.31 Å². The molecule has 1 fully saturated rings. The van der Waals surface area contributed by atoms with E-state index in [4.69, 9.17) is 4.74 Å². The highest BCUT2D eigenvalue weighted by molar-refractivity contribution is 7.89. The number of nitrogens with zero attached hydrogens (tertiary/aromatic N) is 4. The molecule has 5 rings (SSSR count). The molecule has 0 amide bonds. The molecule has 0 aromatic heterocycles. The number of fused-ring (bicyclic) bond motifs is 1. The zero-order chi connectivity index (χ0) is 26.9. The van der Waals surface area contributed by atoms with E-state index >= 15 is 8.78 Å². The molecule has 1 saturated heterocycles. The number of halogens is 2. The highest BCUT2D eigenvalue weighted by Gasteiger charge is 2.38. The van der Waals surface area contributed by atoms with Crippen molar-refractivity contribution in [2.24, 2.45) is 21.8 Å². The predicted molar refractivity (Wildman–Crippen MR) is 146 cm³/mol. The van der Waals surface area contributed by atoms with Gasteiger partial charge in [-0.05, 0) is 49.7 Å². The number of hydrogen-bond acceptors (Lipinski definition) is 6. The Morgan fingerprint density at radius 3 is 2.55 bits per heavy atom. The monoisotopic (exact) mass is 548 g/mol. The molecule has 0 radical (unpaired) electrons. The minimum Gasteiger partial charge on any atom is -0.486 e. The lowest BCUT2D eigenvalue weighted by molar-refractivity contribution is 0.110. The number of sulfonamides is 1. The van der Waals surface area contributed by atoms with Crippen molar-refractivity contribution >= 4 is 27.8 Å². The fraction of sp³-hybridized carbons (Fsp3) is 0.643. The van der Waals surface area contributed by atoms with Crippen LogP contribution in [0.25, 0.3) is 5.57 Å². The first-order valence-corrected chi connectivity index (χ1v) is 15.6. The first kappa shape index (κ1) is 27.2. The molecule has 0 spiro atoms. The van der Waals surface area contributed by atoms with Crippen LogP contribution in [0.3, 0.4) is 0 Å². The van der Waals surface area contributed by atoms with E-state index in [1.165, 1.54) is 10.4 Å². The number of piperidine rings is 1. The number of ether oxygens (including phenoxy) is 1. The Labute approximate surface area is 224 Å². The van der Waals surface area contributed by atoms with Crippen molar-refractivity contribution < 1.29 is 21.9 Å². The molecule has 208 valence electrons. The third-order valence-electron chi connectivity index (χ3n) is 8.19. The third-order valence-corrected chi connectivity index (χ3v) is 10.2. The van der Waals surface area contributed by atoms with Crippen molar-refractivity contribution in [3.8, 4) is 5.75 Å². The van der Waals surface area contributed by atoms with Gasteiger partial charge in [0.25, 0.3) is 0 Å². The van der Waals surface area contributed by atoms with Crippen LogP contribution in [0.5, 0.6) is 5.75 Å². The molecular weight excluding hydrogens is 510 g/mol. The number of hydrogen-bond donors (Lipinski definition) is 0. The minimum absolute atomic E-state index is 0.0328. The molecule has 1 aromatic carbocycles. The normalized spacial score (nSPS) is 24.7. The molecule has 0 N–H and O–H groups in total. The quantitative estimate of drug-likeness (QED) is 0.497. The molecule has 2 unspecified atom stereocenters. The molecule has 4 aliphatic rings. The summed E-state index contributed by atoms with van der Waals surface area (Å²) < 4.78 is 62.9. The fourth-order valence-corrected chi connectivity index (χ4v) is 7.49. The van der Waals surface area contributed by atoms with Gasteiger partial charge in [0.1, 0.15) is 11.9 Å². The van der Waals surface area contributed by atoms with Crippen molar-refractivity contribution in [1.29, 1.82) is 0 Å². The number of benzene rings is 1. The molecule has 0 bridgehead atoms. The average molecular weight is 549 g/mol. The summed E-state index contributed by atoms with van der Waals surface area (Å²) in [5.74, 6) is 0.569. The lowest BCUT2D eigenvalue weighted by atomic mass is 9.88. The van der Waals surface area contributed by atoms with E-state index in [-0.39, 0.29) is 42.2 Å². The van der Waals surface area contributed by atoms with Crippen LogP contribution in [0, 0.1) is 23.5 Å². The molecule has 38 heavy (non-hydrogen) atoms. The van der Waals surface area contributed by atoms with E-state index in [9.17, 15) is 8.42 Å². The second-order valence-corrected chi connectivity index (χ2v) is 12.9. The molecule has 7 nitrogen and oxygen atoms in total. The minimum atomic E-state index is -3.32. The lowest BCUT2D eigenvalue weighted by Gasteiger charge is -2.35. The summed E-state index contributed by atoms with van der Waals surface area (Å²) >= 11 is 0. The zero-order valence-electron chi connectivity index (χ0n) is 22.3. The van der Waals surface area contributed by atoms with Gasteiger partial charge in [0.05, 0.1) is 12.3 Å². The molecule has 0 saturated carbocycles. The molecule has 1 aromatic rings. The predicted octanol–water partition coefficient (Wildman–Crippen LogP) is 4.67. The summed E-state index contributed by atoms with van der Waals surface area (Å²) in [5.41, 5.74) is 1.18. The number of rotatable bonds is 7. The second-order valence-electron chi connectivity index (χ2n) is 10.8. The van der Waals surface area contributed by atoms with Crippen molar-refractivity contribution in [2.75, 3.05) is 38.5 Å². The summed E-state index contributed by atoms with van der Waals surface area (Å²) in [6.45, 7) is 6.85. The molecular formula is C28H38F2N4O3S. The molecule has 10 heteroatoms. The van der Waals surface area contributed by atoms with Gasteiger partial charge in [0, 0.05) is 55.9 Å². The van der Waals surface area contributed by atoms with Crippen molar-refractivity contribution in [3.63, 3.8) is 0 Å². The Kier molecular flexibility index (Phi) is 8.19. The second kappa shape index (κ2) is 11.4. The molecule has 4 heterocycles. The van der Waals surface area contributed by atoms with Crippen LogP contribution in [0.4, 0.5) is 8.78 Å². The molecule has 4 aliphatic heterocycles. The van der Waals surface area contributed by atoms with E-state index in [0.717, 1.165) is 51.3 Å². The van der Waals surface area contributed by atoms with Crippen molar-refractivity contribution in [2.45, 2.75) is 64.9 Å². The van der Waals surface area contributed by atoms with Gasteiger partial charge in [-0.3, -0.25) is 4.99 Å². The van der Waals surface area contributed by atoms with Crippen LogP contribution in [0.2, 0.25) is 0 Å². The summed E-state index contributed by atoms with van der Waals surface area (Å²) in [7, 11) is -3.32. The van der Waals surface area contributed by atoms with E-state index in [0.29, 0.717) is 36.3 Å². The summed E-state index contributed by atoms with van der Waals surface area (Å²) in [6.07, 6.45) is 8.67. The smallest absolute Gasteiger partial charge is 0.220 e. The largest absolute Gasteiger partial charge is 0.486 e. The highest BCUT2D eigenvalue weighted by Crippen LogP contribution is 2.41. The maximum Gasteiger partial charge on any atom is 0.220 e. The Morgan fingerprint density at radius 1 is 1.13 bits per heavy atom. The number of aliphatic imine (C=N–C) groups is 2. The van der Waals surface area contributed by atoms with Gasteiger partial charge in [-0.25, -0.2) is 22.2 Å². The van der Waals surface area contributed by atoms with Crippen LogP contribution in [-0.2, 0) is 16.4 Å². The van der Waals surface area contributed by atoms with Crippen LogP contribution in [0.15, 0.2) is 22.1 Å². The molecule has 0 aliphatic carbocycles. The SMILES string of the molecule is CCCC1C=NC(N2CCC(C3Cc4c(F)c(C5=CCN(S(=O)(=O)CCC)CC5)cc(F)c4O3)CC2)=NC1. The zero-order valence-corrected chi connectivity index (χ0v) is 23.2. The average Bonchev–Trinajstić information content (AvgIpc) is 3.38. The van der Waals surface area contributed by atoms with Gasteiger partial charge in [-0.1, -0.05) is 26.3 Å². The third kappa shape index (κ3) is 5.52. The van der Waals surface area contributed by atoms with E-state index in [2.05, 4.69) is 21.8 Å². The number of guanidine groups is 1. The fourth-order valence-electron chi connectivity index (χ4n) is 6.05. The first-order valence-electron chi connectivity index (χ1n) is 14.0. The summed E-state index contributed by atoms with van der Waals surface area (Å²) in [6, 6.07) is 1.21. The van der Waals surface area contributed by atoms with Gasteiger partial charge in [-0.15, -0.1) is 0 Å². The van der Waals surface area contributed by atoms with E-state index < -0.39 is 21.7 Å². The first-order chi connectivity index (χ1) is 18.3. The maximum absolute atomic E-state index is 15.7. The van der Waals surface area contributed by atoms with E-state index in [1.807, 2.05) is 13.1 Å². The van der Waals surface area contributed by atoms with Gasteiger partial charge in [0.2, 0.25) is 16.0 Å². The van der Waals surface area contributed by atoms with Crippen LogP contribution in [-0.4, -0.2) is 74.4 Å². The Morgan fingerprint density at radius 2 is 1.92 bits per heavy atom. The Bertz CT molecular complexity index is 1240. The standard InChI is InChI=1S/C28H38F2N4O3S/c1-3-5-19-17-31-28(32-18-19)33-10-6-21(7-11-33)25-16-23-26(30)22(15-24(29)27(23)37-25)20-8-12-34(13-9-20)38(35,36)14-4-2/h8,15,17,19,21,25H,3-7,9-14,16,18H2,1-2H3. The summed E-state index contributed by atoms with van der Waals surface area (Å²) in [5, 5.41) is 0. The van der Waals surface area contributed by atoms with Crippen LogP contribution >= 0.6 is 0 Å². The van der Waals surface area contributed by atoms with Gasteiger partial charge in [0.15, 0.2) is 11.6 Å². The van der Waals surface area contributed by atoms with Crippen LogP contribution < -0.4 is 4.74 Å². The Hall–Kier alpha value is -2.33. The van der Waals surface area contributed by atoms with Crippen molar-refractivity contribution in [3.05, 3.63) is 34.9 Å². The highest BCUT2D eigenvalue weighted by atomic mass is 32.2. The van der Waals surface area contributed by atoms with Gasteiger partial charge >= 0.3 is 0 Å².